The maximum atomic E-state index is 13.1. The third-order valence-corrected chi connectivity index (χ3v) is 3.87. The summed E-state index contributed by atoms with van der Waals surface area (Å²) in [5.41, 5.74) is 1.35. The Morgan fingerprint density at radius 3 is 2.65 bits per heavy atom. The fraction of sp³-hybridized carbons (Fsp3) is 0.158. The number of aromatic nitrogens is 2. The van der Waals surface area contributed by atoms with Gasteiger partial charge in [0, 0.05) is 11.1 Å². The van der Waals surface area contributed by atoms with Crippen LogP contribution in [0.25, 0.3) is 5.69 Å². The molecule has 0 saturated carbocycles. The maximum Gasteiger partial charge on any atom is 0.266 e. The van der Waals surface area contributed by atoms with Gasteiger partial charge in [0.1, 0.15) is 17.4 Å². The zero-order valence-corrected chi connectivity index (χ0v) is 15.0. The molecule has 0 aliphatic rings. The number of anilines is 1. The van der Waals surface area contributed by atoms with Crippen molar-refractivity contribution < 1.29 is 13.9 Å². The number of carbonyl (C=O) groups excluding carboxylic acids is 1. The van der Waals surface area contributed by atoms with Gasteiger partial charge in [-0.2, -0.15) is 5.10 Å². The molecule has 1 unspecified atom stereocenters. The Balaban J connectivity index is 1.76. The number of aryl methyl sites for hydroxylation is 1. The zero-order chi connectivity index (χ0) is 18.7. The van der Waals surface area contributed by atoms with Crippen LogP contribution in [0.15, 0.2) is 54.6 Å². The molecule has 1 amide bonds. The number of hydrogen-bond donors (Lipinski definition) is 1. The number of halogens is 2. The van der Waals surface area contributed by atoms with Crippen molar-refractivity contribution in [2.45, 2.75) is 20.0 Å². The lowest BCUT2D eigenvalue weighted by Gasteiger charge is -2.15. The summed E-state index contributed by atoms with van der Waals surface area (Å²) in [6, 6.07) is 14.4. The molecule has 1 N–H and O–H groups in total. The number of nitrogens with zero attached hydrogens (tertiary/aromatic N) is 2. The minimum Gasteiger partial charge on any atom is -0.481 e. The van der Waals surface area contributed by atoms with E-state index in [1.807, 2.05) is 6.92 Å². The lowest BCUT2D eigenvalue weighted by atomic mass is 10.3. The number of nitrogens with one attached hydrogen (secondary N) is 1. The van der Waals surface area contributed by atoms with Crippen molar-refractivity contribution in [3.8, 4) is 11.4 Å². The predicted molar refractivity (Wildman–Crippen MR) is 98.4 cm³/mol. The van der Waals surface area contributed by atoms with Gasteiger partial charge in [-0.25, -0.2) is 9.07 Å². The van der Waals surface area contributed by atoms with Crippen LogP contribution in [0.2, 0.25) is 5.02 Å². The molecule has 7 heteroatoms. The number of rotatable bonds is 5. The number of ether oxygens (including phenoxy) is 1. The highest BCUT2D eigenvalue weighted by Crippen LogP contribution is 2.20. The molecular weight excluding hydrogens is 357 g/mol. The van der Waals surface area contributed by atoms with E-state index in [-0.39, 0.29) is 11.7 Å². The molecule has 0 spiro atoms. The van der Waals surface area contributed by atoms with Crippen molar-refractivity contribution in [3.63, 3.8) is 0 Å². The summed E-state index contributed by atoms with van der Waals surface area (Å²) < 4.78 is 20.3. The first-order chi connectivity index (χ1) is 12.4. The molecule has 1 heterocycles. The molecule has 0 aliphatic heterocycles. The van der Waals surface area contributed by atoms with Gasteiger partial charge < -0.3 is 10.1 Å². The van der Waals surface area contributed by atoms with E-state index in [4.69, 9.17) is 16.3 Å². The number of benzene rings is 2. The van der Waals surface area contributed by atoms with E-state index in [1.54, 1.807) is 54.1 Å². The largest absolute Gasteiger partial charge is 0.481 e. The third kappa shape index (κ3) is 4.21. The molecule has 0 radical (unpaired) electrons. The molecule has 1 aromatic heterocycles. The highest BCUT2D eigenvalue weighted by atomic mass is 35.5. The zero-order valence-electron chi connectivity index (χ0n) is 14.2. The normalized spacial score (nSPS) is 11.8. The Hall–Kier alpha value is -2.86. The summed E-state index contributed by atoms with van der Waals surface area (Å²) in [5.74, 6) is 0.295. The standard InChI is InChI=1S/C19H17ClFN3O2/c1-12-10-18(24(23-12)16-8-6-15(21)7-9-16)22-19(25)13(2)26-17-5-3-4-14(20)11-17/h3-11,13H,1-2H3,(H,22,25). The smallest absolute Gasteiger partial charge is 0.266 e. The first-order valence-electron chi connectivity index (χ1n) is 7.98. The quantitative estimate of drug-likeness (QED) is 0.722. The summed E-state index contributed by atoms with van der Waals surface area (Å²) in [5, 5.41) is 7.66. The molecule has 0 saturated heterocycles. The van der Waals surface area contributed by atoms with E-state index in [9.17, 15) is 9.18 Å². The number of amides is 1. The van der Waals surface area contributed by atoms with E-state index < -0.39 is 6.10 Å². The third-order valence-electron chi connectivity index (χ3n) is 3.63. The molecule has 3 rings (SSSR count). The Kier molecular flexibility index (Phi) is 5.23. The molecular formula is C19H17ClFN3O2. The highest BCUT2D eigenvalue weighted by Gasteiger charge is 2.18. The first kappa shape index (κ1) is 17.9. The van der Waals surface area contributed by atoms with Gasteiger partial charge in [-0.15, -0.1) is 0 Å². The van der Waals surface area contributed by atoms with Crippen LogP contribution in [-0.2, 0) is 4.79 Å². The predicted octanol–water partition coefficient (Wildman–Crippen LogP) is 4.38. The van der Waals surface area contributed by atoms with Crippen molar-refractivity contribution in [1.82, 2.24) is 9.78 Å². The molecule has 3 aromatic rings. The summed E-state index contributed by atoms with van der Waals surface area (Å²) in [6.07, 6.45) is -0.745. The van der Waals surface area contributed by atoms with E-state index in [0.717, 1.165) is 0 Å². The van der Waals surface area contributed by atoms with Crippen LogP contribution in [0.1, 0.15) is 12.6 Å². The molecule has 134 valence electrons. The lowest BCUT2D eigenvalue weighted by Crippen LogP contribution is -2.31. The average Bonchev–Trinajstić information content (AvgIpc) is 2.96. The Morgan fingerprint density at radius 1 is 1.23 bits per heavy atom. The maximum absolute atomic E-state index is 13.1. The van der Waals surface area contributed by atoms with Crippen LogP contribution in [0.4, 0.5) is 10.2 Å². The van der Waals surface area contributed by atoms with Gasteiger partial charge >= 0.3 is 0 Å². The van der Waals surface area contributed by atoms with Crippen molar-refractivity contribution >= 4 is 23.3 Å². The molecule has 5 nitrogen and oxygen atoms in total. The molecule has 26 heavy (non-hydrogen) atoms. The lowest BCUT2D eigenvalue weighted by molar-refractivity contribution is -0.122. The Morgan fingerprint density at radius 2 is 1.96 bits per heavy atom. The van der Waals surface area contributed by atoms with Crippen LogP contribution in [-0.4, -0.2) is 21.8 Å². The van der Waals surface area contributed by atoms with Crippen LogP contribution >= 0.6 is 11.6 Å². The molecule has 0 aliphatic carbocycles. The number of hydrogen-bond acceptors (Lipinski definition) is 3. The second-order valence-corrected chi connectivity index (χ2v) is 6.20. The average molecular weight is 374 g/mol. The fourth-order valence-corrected chi connectivity index (χ4v) is 2.57. The van der Waals surface area contributed by atoms with E-state index >= 15 is 0 Å². The van der Waals surface area contributed by atoms with Gasteiger partial charge in [0.15, 0.2) is 6.10 Å². The summed E-state index contributed by atoms with van der Waals surface area (Å²) in [7, 11) is 0. The van der Waals surface area contributed by atoms with E-state index in [2.05, 4.69) is 10.4 Å². The Bertz CT molecular complexity index is 925. The monoisotopic (exact) mass is 373 g/mol. The van der Waals surface area contributed by atoms with Crippen molar-refractivity contribution in [2.24, 2.45) is 0 Å². The first-order valence-corrected chi connectivity index (χ1v) is 8.36. The van der Waals surface area contributed by atoms with Crippen LogP contribution in [0.5, 0.6) is 5.75 Å². The molecule has 2 aromatic carbocycles. The molecule has 1 atom stereocenters. The summed E-state index contributed by atoms with van der Waals surface area (Å²) >= 11 is 5.92. The minimum atomic E-state index is -0.745. The number of carbonyl (C=O) groups is 1. The second kappa shape index (κ2) is 7.58. The summed E-state index contributed by atoms with van der Waals surface area (Å²) in [6.45, 7) is 3.45. The summed E-state index contributed by atoms with van der Waals surface area (Å²) in [4.78, 5) is 12.5. The van der Waals surface area contributed by atoms with Crippen LogP contribution in [0, 0.1) is 12.7 Å². The van der Waals surface area contributed by atoms with Gasteiger partial charge in [-0.3, -0.25) is 4.79 Å². The highest BCUT2D eigenvalue weighted by molar-refractivity contribution is 6.30. The van der Waals surface area contributed by atoms with Crippen molar-refractivity contribution in [1.29, 1.82) is 0 Å². The van der Waals surface area contributed by atoms with E-state index in [0.29, 0.717) is 28.0 Å². The topological polar surface area (TPSA) is 56.1 Å². The molecule has 0 fully saturated rings. The van der Waals surface area contributed by atoms with Crippen LogP contribution in [0.3, 0.4) is 0 Å². The Labute approximate surface area is 155 Å². The fourth-order valence-electron chi connectivity index (χ4n) is 2.39. The van der Waals surface area contributed by atoms with Gasteiger partial charge in [0.05, 0.1) is 11.4 Å². The van der Waals surface area contributed by atoms with Gasteiger partial charge in [0.25, 0.3) is 5.91 Å². The SMILES string of the molecule is Cc1cc(NC(=O)C(C)Oc2cccc(Cl)c2)n(-c2ccc(F)cc2)n1. The van der Waals surface area contributed by atoms with Gasteiger partial charge in [-0.05, 0) is 56.3 Å². The van der Waals surface area contributed by atoms with Crippen LogP contribution < -0.4 is 10.1 Å². The second-order valence-electron chi connectivity index (χ2n) is 5.77. The van der Waals surface area contributed by atoms with Gasteiger partial charge in [0.2, 0.25) is 0 Å². The van der Waals surface area contributed by atoms with Gasteiger partial charge in [-0.1, -0.05) is 17.7 Å². The van der Waals surface area contributed by atoms with Crippen molar-refractivity contribution in [3.05, 3.63) is 71.1 Å². The van der Waals surface area contributed by atoms with E-state index in [1.165, 1.54) is 12.1 Å². The molecule has 0 bridgehead atoms. The van der Waals surface area contributed by atoms with Crippen molar-refractivity contribution in [2.75, 3.05) is 5.32 Å². The minimum absolute atomic E-state index is 0.340.